The number of nitro benzene ring substituents is 1. The summed E-state index contributed by atoms with van der Waals surface area (Å²) >= 11 is 0. The van der Waals surface area contributed by atoms with E-state index >= 15 is 0 Å². The van der Waals surface area contributed by atoms with Gasteiger partial charge in [-0.25, -0.2) is 0 Å². The van der Waals surface area contributed by atoms with E-state index in [1.165, 1.54) is 12.1 Å². The van der Waals surface area contributed by atoms with Gasteiger partial charge in [0.15, 0.2) is 0 Å². The molecule has 0 spiro atoms. The third-order valence-corrected chi connectivity index (χ3v) is 0.967. The molecule has 1 aromatic rings. The Morgan fingerprint density at radius 1 is 1.20 bits per heavy atom. The van der Waals surface area contributed by atoms with Crippen molar-refractivity contribution in [3.8, 4) is 0 Å². The molecule has 0 aliphatic heterocycles. The first-order chi connectivity index (χ1) is 4.30. The van der Waals surface area contributed by atoms with Crippen molar-refractivity contribution >= 4 is 33.0 Å². The molecule has 0 heterocycles. The van der Waals surface area contributed by atoms with Crippen LogP contribution in [0, 0.1) is 10.1 Å². The van der Waals surface area contributed by atoms with Crippen LogP contribution < -0.4 is 0 Å². The molecular weight excluding hydrogens is 325 g/mol. The van der Waals surface area contributed by atoms with E-state index in [-0.39, 0.29) is 33.0 Å². The third-order valence-electron chi connectivity index (χ3n) is 0.967. The van der Waals surface area contributed by atoms with Gasteiger partial charge >= 0.3 is 27.3 Å². The number of nitrogens with zero attached hydrogens (tertiary/aromatic N) is 1. The molecule has 0 aliphatic rings. The second-order valence-electron chi connectivity index (χ2n) is 1.59. The van der Waals surface area contributed by atoms with Gasteiger partial charge in [-0.3, -0.25) is 10.1 Å². The van der Waals surface area contributed by atoms with Crippen LogP contribution in [0.5, 0.6) is 0 Å². The predicted octanol–water partition coefficient (Wildman–Crippen LogP) is 0.679. The molecule has 52 valence electrons. The van der Waals surface area contributed by atoms with E-state index in [0.717, 1.165) is 0 Å². The molecule has 4 heteroatoms. The molecule has 1 aromatic carbocycles. The van der Waals surface area contributed by atoms with Crippen LogP contribution in [-0.4, -0.2) is 32.2 Å². The first-order valence-corrected chi connectivity index (χ1v) is 2.50. The minimum absolute atomic E-state index is 0. The van der Waals surface area contributed by atoms with E-state index in [2.05, 4.69) is 0 Å². The standard InChI is InChI=1S/C6H5NO2.Pb.2H/c8-7(9)6-4-2-1-3-5-6;;;/h1-5H;;;. The number of hydrogen-bond acceptors (Lipinski definition) is 2. The minimum atomic E-state index is -0.417. The number of non-ortho nitro benzene ring substituents is 1. The zero-order chi connectivity index (χ0) is 6.69. The Labute approximate surface area is 78.4 Å². The molecule has 0 fully saturated rings. The molecule has 0 saturated heterocycles. The first-order valence-electron chi connectivity index (χ1n) is 2.50. The van der Waals surface area contributed by atoms with Crippen LogP contribution in [0.1, 0.15) is 0 Å². The normalized spacial score (nSPS) is 8.00. The van der Waals surface area contributed by atoms with E-state index in [4.69, 9.17) is 0 Å². The predicted molar refractivity (Wildman–Crippen MR) is 41.6 cm³/mol. The average molecular weight is 332 g/mol. The number of hydrogen-bond donors (Lipinski definition) is 0. The van der Waals surface area contributed by atoms with Gasteiger partial charge in [0.2, 0.25) is 0 Å². The Kier molecular flexibility index (Phi) is 4.17. The summed E-state index contributed by atoms with van der Waals surface area (Å²) in [7, 11) is 0. The zero-order valence-electron chi connectivity index (χ0n) is 5.36. The SMILES string of the molecule is O=[N+]([O-])c1ccccc1.[PbH2]. The van der Waals surface area contributed by atoms with Crippen molar-refractivity contribution in [2.24, 2.45) is 0 Å². The van der Waals surface area contributed by atoms with Gasteiger partial charge in [0.1, 0.15) is 0 Å². The molecule has 0 aliphatic carbocycles. The Hall–Kier alpha value is -0.458. The van der Waals surface area contributed by atoms with E-state index in [1.54, 1.807) is 18.2 Å². The van der Waals surface area contributed by atoms with E-state index in [0.29, 0.717) is 0 Å². The van der Waals surface area contributed by atoms with Gasteiger partial charge in [0.05, 0.1) is 4.92 Å². The van der Waals surface area contributed by atoms with Gasteiger partial charge in [0, 0.05) is 12.1 Å². The maximum absolute atomic E-state index is 10.0. The molecule has 2 radical (unpaired) electrons. The molecule has 0 bridgehead atoms. The van der Waals surface area contributed by atoms with Crippen molar-refractivity contribution in [2.75, 3.05) is 0 Å². The average Bonchev–Trinajstić information content (AvgIpc) is 1.90. The van der Waals surface area contributed by atoms with Gasteiger partial charge in [-0.2, -0.15) is 0 Å². The fourth-order valence-electron chi connectivity index (χ4n) is 0.550. The molecule has 0 unspecified atom stereocenters. The van der Waals surface area contributed by atoms with Crippen molar-refractivity contribution in [3.05, 3.63) is 40.4 Å². The zero-order valence-corrected chi connectivity index (χ0v) is 10.9. The van der Waals surface area contributed by atoms with Crippen molar-refractivity contribution in [2.45, 2.75) is 0 Å². The van der Waals surface area contributed by atoms with Gasteiger partial charge in [-0.15, -0.1) is 0 Å². The Balaban J connectivity index is 0.000000810. The van der Waals surface area contributed by atoms with Crippen molar-refractivity contribution in [3.63, 3.8) is 0 Å². The molecule has 0 aromatic heterocycles. The topological polar surface area (TPSA) is 43.1 Å². The molecular formula is C6H7NO2Pb. The number of para-hydroxylation sites is 1. The maximum atomic E-state index is 10.0. The second kappa shape index (κ2) is 4.37. The fraction of sp³-hybridized carbons (Fsp3) is 0. The third kappa shape index (κ3) is 2.42. The second-order valence-corrected chi connectivity index (χ2v) is 1.59. The van der Waals surface area contributed by atoms with E-state index < -0.39 is 4.92 Å². The van der Waals surface area contributed by atoms with E-state index in [9.17, 15) is 10.1 Å². The van der Waals surface area contributed by atoms with Gasteiger partial charge in [-0.05, 0) is 0 Å². The molecule has 0 N–H and O–H groups in total. The van der Waals surface area contributed by atoms with Crippen LogP contribution in [0.2, 0.25) is 0 Å². The van der Waals surface area contributed by atoms with Gasteiger partial charge in [-0.1, -0.05) is 18.2 Å². The number of rotatable bonds is 1. The Morgan fingerprint density at radius 2 is 1.70 bits per heavy atom. The summed E-state index contributed by atoms with van der Waals surface area (Å²) in [4.78, 5) is 9.59. The van der Waals surface area contributed by atoms with Crippen molar-refractivity contribution in [1.29, 1.82) is 0 Å². The fourth-order valence-corrected chi connectivity index (χ4v) is 0.550. The molecule has 0 amide bonds. The monoisotopic (exact) mass is 333 g/mol. The quantitative estimate of drug-likeness (QED) is 0.431. The molecule has 1 rings (SSSR count). The molecule has 3 nitrogen and oxygen atoms in total. The Morgan fingerprint density at radius 3 is 2.00 bits per heavy atom. The van der Waals surface area contributed by atoms with Crippen LogP contribution in [0.15, 0.2) is 30.3 Å². The number of nitro groups is 1. The van der Waals surface area contributed by atoms with Gasteiger partial charge in [0.25, 0.3) is 5.69 Å². The summed E-state index contributed by atoms with van der Waals surface area (Å²) in [6.07, 6.45) is 0. The first kappa shape index (κ1) is 9.54. The molecule has 10 heavy (non-hydrogen) atoms. The summed E-state index contributed by atoms with van der Waals surface area (Å²) in [5.41, 5.74) is 0.137. The number of benzene rings is 1. The molecule has 0 saturated carbocycles. The van der Waals surface area contributed by atoms with Crippen molar-refractivity contribution in [1.82, 2.24) is 0 Å². The summed E-state index contributed by atoms with van der Waals surface area (Å²) in [5.74, 6) is 0. The summed E-state index contributed by atoms with van der Waals surface area (Å²) < 4.78 is 0. The van der Waals surface area contributed by atoms with Crippen LogP contribution in [0.4, 0.5) is 5.69 Å². The summed E-state index contributed by atoms with van der Waals surface area (Å²) in [6, 6.07) is 7.93. The molecule has 0 atom stereocenters. The Bertz CT molecular complexity index is 212. The van der Waals surface area contributed by atoms with Crippen LogP contribution in [-0.2, 0) is 0 Å². The summed E-state index contributed by atoms with van der Waals surface area (Å²) in [6.45, 7) is 0. The van der Waals surface area contributed by atoms with Gasteiger partial charge < -0.3 is 0 Å². The summed E-state index contributed by atoms with van der Waals surface area (Å²) in [5, 5.41) is 10.0. The van der Waals surface area contributed by atoms with E-state index in [1.807, 2.05) is 0 Å². The van der Waals surface area contributed by atoms with Crippen molar-refractivity contribution < 1.29 is 4.92 Å². The van der Waals surface area contributed by atoms with Crippen LogP contribution >= 0.6 is 0 Å². The van der Waals surface area contributed by atoms with Crippen LogP contribution in [0.25, 0.3) is 0 Å². The van der Waals surface area contributed by atoms with Crippen LogP contribution in [0.3, 0.4) is 0 Å².